The highest BCUT2D eigenvalue weighted by Crippen LogP contribution is 2.39. The Kier molecular flexibility index (Phi) is 4.82. The van der Waals surface area contributed by atoms with Crippen molar-refractivity contribution in [2.24, 2.45) is 11.3 Å². The van der Waals surface area contributed by atoms with Crippen molar-refractivity contribution in [3.63, 3.8) is 0 Å². The molecule has 2 unspecified atom stereocenters. The molecule has 2 rings (SSSR count). The van der Waals surface area contributed by atoms with Gasteiger partial charge in [0.25, 0.3) is 0 Å². The van der Waals surface area contributed by atoms with Crippen molar-refractivity contribution in [3.05, 3.63) is 35.6 Å². The number of nitrogens with zero attached hydrogens (tertiary/aromatic N) is 1. The Hall–Kier alpha value is -0.930. The van der Waals surface area contributed by atoms with Crippen LogP contribution in [-0.2, 0) is 6.54 Å². The minimum absolute atomic E-state index is 0.00174. The molecule has 1 N–H and O–H groups in total. The van der Waals surface area contributed by atoms with Gasteiger partial charge >= 0.3 is 0 Å². The lowest BCUT2D eigenvalue weighted by atomic mass is 9.69. The average Bonchev–Trinajstić information content (AvgIpc) is 2.38. The van der Waals surface area contributed by atoms with Gasteiger partial charge < -0.3 is 10.0 Å². The molecule has 1 aliphatic carbocycles. The maximum absolute atomic E-state index is 13.7. The van der Waals surface area contributed by atoms with Gasteiger partial charge in [-0.15, -0.1) is 0 Å². The molecule has 1 aliphatic rings. The second kappa shape index (κ2) is 6.23. The molecule has 0 spiro atoms. The van der Waals surface area contributed by atoms with Crippen molar-refractivity contribution in [1.82, 2.24) is 4.90 Å². The van der Waals surface area contributed by atoms with Gasteiger partial charge in [0.05, 0.1) is 6.10 Å². The summed E-state index contributed by atoms with van der Waals surface area (Å²) in [5.74, 6) is 0.138. The Morgan fingerprint density at radius 2 is 2.05 bits per heavy atom. The number of hydrogen-bond acceptors (Lipinski definition) is 2. The van der Waals surface area contributed by atoms with Gasteiger partial charge in [-0.25, -0.2) is 4.39 Å². The highest BCUT2D eigenvalue weighted by molar-refractivity contribution is 5.17. The van der Waals surface area contributed by atoms with E-state index in [1.165, 1.54) is 12.5 Å². The summed E-state index contributed by atoms with van der Waals surface area (Å²) < 4.78 is 13.7. The lowest BCUT2D eigenvalue weighted by Gasteiger charge is -2.42. The largest absolute Gasteiger partial charge is 0.392 e. The number of aliphatic hydroxyl groups is 1. The summed E-state index contributed by atoms with van der Waals surface area (Å²) in [7, 11) is 2.00. The predicted molar refractivity (Wildman–Crippen MR) is 79.9 cm³/mol. The van der Waals surface area contributed by atoms with E-state index in [1.54, 1.807) is 6.07 Å². The molecule has 0 radical (unpaired) electrons. The van der Waals surface area contributed by atoms with Crippen LogP contribution in [0.3, 0.4) is 0 Å². The minimum Gasteiger partial charge on any atom is -0.392 e. The van der Waals surface area contributed by atoms with Gasteiger partial charge in [-0.2, -0.15) is 0 Å². The molecule has 0 bridgehead atoms. The molecule has 0 heterocycles. The van der Waals surface area contributed by atoms with Crippen LogP contribution in [0.25, 0.3) is 0 Å². The summed E-state index contributed by atoms with van der Waals surface area (Å²) in [6.45, 7) is 5.69. The van der Waals surface area contributed by atoms with E-state index in [2.05, 4.69) is 18.7 Å². The van der Waals surface area contributed by atoms with Crippen molar-refractivity contribution < 1.29 is 9.50 Å². The molecule has 0 aromatic heterocycles. The van der Waals surface area contributed by atoms with Crippen molar-refractivity contribution in [2.45, 2.75) is 45.8 Å². The second-order valence-corrected chi connectivity index (χ2v) is 6.87. The Labute approximate surface area is 121 Å². The first-order chi connectivity index (χ1) is 9.40. The van der Waals surface area contributed by atoms with Crippen LogP contribution in [0.1, 0.15) is 38.7 Å². The molecule has 1 fully saturated rings. The third kappa shape index (κ3) is 3.58. The van der Waals surface area contributed by atoms with Crippen LogP contribution in [0.5, 0.6) is 0 Å². The van der Waals surface area contributed by atoms with E-state index in [0.717, 1.165) is 24.9 Å². The normalized spacial score (nSPS) is 25.9. The summed E-state index contributed by atoms with van der Waals surface area (Å²) in [5.41, 5.74) is 0.724. The van der Waals surface area contributed by atoms with Crippen LogP contribution < -0.4 is 0 Å². The smallest absolute Gasteiger partial charge is 0.127 e. The zero-order chi connectivity index (χ0) is 14.8. The highest BCUT2D eigenvalue weighted by atomic mass is 19.1. The van der Waals surface area contributed by atoms with Crippen molar-refractivity contribution in [2.75, 3.05) is 13.6 Å². The molecular weight excluding hydrogens is 253 g/mol. The molecule has 1 aromatic carbocycles. The zero-order valence-electron chi connectivity index (χ0n) is 12.8. The maximum atomic E-state index is 13.7. The van der Waals surface area contributed by atoms with Gasteiger partial charge in [0.15, 0.2) is 0 Å². The molecule has 112 valence electrons. The van der Waals surface area contributed by atoms with Crippen LogP contribution in [0, 0.1) is 17.2 Å². The molecule has 3 heteroatoms. The van der Waals surface area contributed by atoms with E-state index in [4.69, 9.17) is 0 Å². The topological polar surface area (TPSA) is 23.5 Å². The van der Waals surface area contributed by atoms with Crippen LogP contribution in [0.15, 0.2) is 24.3 Å². The first-order valence-corrected chi connectivity index (χ1v) is 7.50. The summed E-state index contributed by atoms with van der Waals surface area (Å²) in [4.78, 5) is 2.12. The van der Waals surface area contributed by atoms with E-state index in [0.29, 0.717) is 6.54 Å². The lowest BCUT2D eigenvalue weighted by molar-refractivity contribution is -0.0415. The summed E-state index contributed by atoms with van der Waals surface area (Å²) in [6, 6.07) is 6.91. The van der Waals surface area contributed by atoms with Crippen LogP contribution in [0.2, 0.25) is 0 Å². The molecule has 2 atom stereocenters. The van der Waals surface area contributed by atoms with Gasteiger partial charge in [0.1, 0.15) is 5.82 Å². The molecule has 2 nitrogen and oxygen atoms in total. The van der Waals surface area contributed by atoms with E-state index in [9.17, 15) is 9.50 Å². The van der Waals surface area contributed by atoms with Gasteiger partial charge in [-0.3, -0.25) is 0 Å². The third-order valence-electron chi connectivity index (χ3n) is 4.59. The maximum Gasteiger partial charge on any atom is 0.127 e. The quantitative estimate of drug-likeness (QED) is 0.912. The van der Waals surface area contributed by atoms with Crippen molar-refractivity contribution in [3.8, 4) is 0 Å². The van der Waals surface area contributed by atoms with E-state index in [1.807, 2.05) is 19.2 Å². The average molecular weight is 279 g/mol. The summed E-state index contributed by atoms with van der Waals surface area (Å²) >= 11 is 0. The molecular formula is C17H26FNO. The van der Waals surface area contributed by atoms with E-state index >= 15 is 0 Å². The van der Waals surface area contributed by atoms with Crippen molar-refractivity contribution in [1.29, 1.82) is 0 Å². The van der Waals surface area contributed by atoms with Gasteiger partial charge in [-0.1, -0.05) is 38.5 Å². The molecule has 0 amide bonds. The van der Waals surface area contributed by atoms with Crippen LogP contribution >= 0.6 is 0 Å². The Bertz CT molecular complexity index is 446. The molecule has 0 aliphatic heterocycles. The SMILES string of the molecule is CN(Cc1ccccc1F)CC1CCCC(C)(C)C1O. The first kappa shape index (κ1) is 15.5. The van der Waals surface area contributed by atoms with Crippen LogP contribution in [0.4, 0.5) is 4.39 Å². The molecule has 0 saturated heterocycles. The first-order valence-electron chi connectivity index (χ1n) is 7.50. The van der Waals surface area contributed by atoms with Crippen LogP contribution in [-0.4, -0.2) is 29.7 Å². The van der Waals surface area contributed by atoms with Gasteiger partial charge in [0, 0.05) is 18.7 Å². The molecule has 1 saturated carbocycles. The van der Waals surface area contributed by atoms with Gasteiger partial charge in [0.2, 0.25) is 0 Å². The highest BCUT2D eigenvalue weighted by Gasteiger charge is 2.37. The lowest BCUT2D eigenvalue weighted by Crippen LogP contribution is -2.44. The number of rotatable bonds is 4. The fraction of sp³-hybridized carbons (Fsp3) is 0.647. The predicted octanol–water partition coefficient (Wildman–Crippen LogP) is 3.44. The minimum atomic E-state index is -0.265. The number of aliphatic hydroxyl groups excluding tert-OH is 1. The molecule has 1 aromatic rings. The Morgan fingerprint density at radius 1 is 1.35 bits per heavy atom. The Morgan fingerprint density at radius 3 is 2.75 bits per heavy atom. The summed E-state index contributed by atoms with van der Waals surface area (Å²) in [5, 5.41) is 10.5. The third-order valence-corrected chi connectivity index (χ3v) is 4.59. The van der Waals surface area contributed by atoms with Gasteiger partial charge in [-0.05, 0) is 37.3 Å². The second-order valence-electron chi connectivity index (χ2n) is 6.87. The zero-order valence-corrected chi connectivity index (χ0v) is 12.8. The fourth-order valence-electron chi connectivity index (χ4n) is 3.34. The fourth-order valence-corrected chi connectivity index (χ4v) is 3.34. The number of hydrogen-bond donors (Lipinski definition) is 1. The summed E-state index contributed by atoms with van der Waals surface area (Å²) in [6.07, 6.45) is 3.05. The van der Waals surface area contributed by atoms with E-state index < -0.39 is 0 Å². The van der Waals surface area contributed by atoms with Crippen molar-refractivity contribution >= 4 is 0 Å². The molecule has 20 heavy (non-hydrogen) atoms. The number of halogens is 1. The standard InChI is InChI=1S/C17H26FNO/c1-17(2)10-6-8-14(16(17)20)12-19(3)11-13-7-4-5-9-15(13)18/h4-5,7,9,14,16,20H,6,8,10-12H2,1-3H3. The number of benzene rings is 1. The monoisotopic (exact) mass is 279 g/mol. The Balaban J connectivity index is 1.94. The van der Waals surface area contributed by atoms with E-state index in [-0.39, 0.29) is 23.3 Å².